The number of aryl methyl sites for hydroxylation is 1. The number of rotatable bonds is 9. The van der Waals surface area contributed by atoms with Crippen molar-refractivity contribution < 1.29 is 19.4 Å². The second-order valence-electron chi connectivity index (χ2n) is 8.24. The number of ketones is 1. The van der Waals surface area contributed by atoms with Crippen LogP contribution in [0, 0.1) is 12.8 Å². The molecule has 0 bridgehead atoms. The lowest BCUT2D eigenvalue weighted by Crippen LogP contribution is -2.25. The molecule has 0 saturated heterocycles. The molecular formula is C22H31N5O4S. The van der Waals surface area contributed by atoms with Crippen LogP contribution in [-0.2, 0) is 4.79 Å². The molecule has 1 aliphatic heterocycles. The summed E-state index contributed by atoms with van der Waals surface area (Å²) in [6.07, 6.45) is 2.08. The summed E-state index contributed by atoms with van der Waals surface area (Å²) in [5, 5.41) is 21.7. The van der Waals surface area contributed by atoms with Gasteiger partial charge in [0, 0.05) is 25.1 Å². The maximum absolute atomic E-state index is 11.9. The molecule has 0 spiro atoms. The van der Waals surface area contributed by atoms with Gasteiger partial charge >= 0.3 is 0 Å². The van der Waals surface area contributed by atoms with Crippen LogP contribution in [-0.4, -0.2) is 56.3 Å². The van der Waals surface area contributed by atoms with Gasteiger partial charge in [-0.3, -0.25) is 9.20 Å². The summed E-state index contributed by atoms with van der Waals surface area (Å²) in [4.78, 5) is 16.7. The number of nitrogens with zero attached hydrogens (tertiary/aromatic N) is 4. The summed E-state index contributed by atoms with van der Waals surface area (Å²) in [6, 6.07) is 3.81. The zero-order valence-electron chi connectivity index (χ0n) is 18.7. The van der Waals surface area contributed by atoms with E-state index in [1.165, 1.54) is 0 Å². The fourth-order valence-electron chi connectivity index (χ4n) is 3.76. The monoisotopic (exact) mass is 461 g/mol. The van der Waals surface area contributed by atoms with Gasteiger partial charge in [0.2, 0.25) is 5.65 Å². The fourth-order valence-corrected chi connectivity index (χ4v) is 3.76. The Labute approximate surface area is 194 Å². The van der Waals surface area contributed by atoms with Crippen LogP contribution < -0.4 is 14.8 Å². The van der Waals surface area contributed by atoms with Crippen molar-refractivity contribution in [2.75, 3.05) is 25.1 Å². The number of benzene rings is 1. The molecule has 0 aliphatic carbocycles. The van der Waals surface area contributed by atoms with Crippen molar-refractivity contribution in [2.45, 2.75) is 52.6 Å². The van der Waals surface area contributed by atoms with Crippen LogP contribution in [0.4, 0.5) is 5.82 Å². The molecule has 0 unspecified atom stereocenters. The van der Waals surface area contributed by atoms with E-state index in [0.29, 0.717) is 49.1 Å². The van der Waals surface area contributed by atoms with Crippen LogP contribution >= 0.6 is 13.5 Å². The average Bonchev–Trinajstić information content (AvgIpc) is 3.16. The zero-order valence-corrected chi connectivity index (χ0v) is 19.7. The Morgan fingerprint density at radius 2 is 1.88 bits per heavy atom. The largest absolute Gasteiger partial charge is 0.486 e. The van der Waals surface area contributed by atoms with Gasteiger partial charge in [-0.15, -0.1) is 10.2 Å². The van der Waals surface area contributed by atoms with Crippen molar-refractivity contribution in [3.8, 4) is 11.5 Å². The Morgan fingerprint density at radius 1 is 1.16 bits per heavy atom. The quantitative estimate of drug-likeness (QED) is 0.468. The molecule has 1 aromatic carbocycles. The van der Waals surface area contributed by atoms with E-state index in [-0.39, 0.29) is 25.2 Å². The van der Waals surface area contributed by atoms with Gasteiger partial charge in [-0.2, -0.15) is 13.5 Å². The lowest BCUT2D eigenvalue weighted by atomic mass is 9.99. The Kier molecular flexibility index (Phi) is 7.78. The molecule has 1 atom stereocenters. The number of aromatic nitrogens is 4. The number of fused-ring (bicyclic) bond motifs is 4. The predicted octanol–water partition coefficient (Wildman–Crippen LogP) is 3.03. The number of nitrogens with one attached hydrogen (secondary N) is 1. The van der Waals surface area contributed by atoms with Gasteiger partial charge in [0.05, 0.1) is 11.0 Å². The standard InChI is InChI=1S/C22H29N5O4.H2S/c1-13(2)20(29)17(28)7-5-4-6-8-23-21-22-26-25-14(3)27(22)16-12-19-18(11-15(16)24-21)30-9-10-31-19;/h11-13,20,29H,4-10H2,1-3H3,(H,23,24);1H2/t20-;/m0./s1. The minimum atomic E-state index is -0.857. The molecule has 0 radical (unpaired) electrons. The highest BCUT2D eigenvalue weighted by Crippen LogP contribution is 2.35. The van der Waals surface area contributed by atoms with Gasteiger partial charge in [0.15, 0.2) is 23.1 Å². The lowest BCUT2D eigenvalue weighted by Gasteiger charge is -2.19. The van der Waals surface area contributed by atoms with E-state index in [4.69, 9.17) is 14.5 Å². The third-order valence-corrected chi connectivity index (χ3v) is 5.50. The molecule has 0 fully saturated rings. The second-order valence-corrected chi connectivity index (χ2v) is 8.24. The Morgan fingerprint density at radius 3 is 2.59 bits per heavy atom. The van der Waals surface area contributed by atoms with E-state index in [1.54, 1.807) is 0 Å². The van der Waals surface area contributed by atoms with E-state index < -0.39 is 6.10 Å². The maximum atomic E-state index is 11.9. The number of hydrogen-bond acceptors (Lipinski definition) is 8. The summed E-state index contributed by atoms with van der Waals surface area (Å²) < 4.78 is 13.4. The van der Waals surface area contributed by atoms with E-state index in [0.717, 1.165) is 36.1 Å². The third-order valence-electron chi connectivity index (χ3n) is 5.50. The number of unbranched alkanes of at least 4 members (excludes halogenated alkanes) is 2. The maximum Gasteiger partial charge on any atom is 0.204 e. The van der Waals surface area contributed by atoms with Crippen LogP contribution in [0.2, 0.25) is 0 Å². The molecule has 0 saturated carbocycles. The van der Waals surface area contributed by atoms with Crippen LogP contribution in [0.15, 0.2) is 12.1 Å². The van der Waals surface area contributed by atoms with E-state index in [9.17, 15) is 9.90 Å². The Hall–Kier alpha value is -2.59. The molecule has 3 aromatic rings. The van der Waals surface area contributed by atoms with Gasteiger partial charge in [0.1, 0.15) is 25.1 Å². The number of aliphatic hydroxyl groups is 1. The van der Waals surface area contributed by atoms with Gasteiger partial charge in [-0.05, 0) is 25.7 Å². The van der Waals surface area contributed by atoms with Crippen molar-refractivity contribution >= 4 is 41.8 Å². The number of aliphatic hydroxyl groups excluding tert-OH is 1. The normalized spacial score (nSPS) is 13.9. The molecule has 3 heterocycles. The first-order chi connectivity index (χ1) is 15.0. The summed E-state index contributed by atoms with van der Waals surface area (Å²) in [6.45, 7) is 7.36. The average molecular weight is 462 g/mol. The van der Waals surface area contributed by atoms with Crippen LogP contribution in [0.1, 0.15) is 45.4 Å². The highest BCUT2D eigenvalue weighted by molar-refractivity contribution is 7.59. The number of ether oxygens (including phenoxy) is 2. The van der Waals surface area contributed by atoms with E-state index in [1.807, 2.05) is 37.3 Å². The first-order valence-electron chi connectivity index (χ1n) is 10.9. The van der Waals surface area contributed by atoms with Crippen molar-refractivity contribution in [1.82, 2.24) is 19.6 Å². The number of carbonyl (C=O) groups is 1. The molecule has 2 aromatic heterocycles. The zero-order chi connectivity index (χ0) is 22.0. The topological polar surface area (TPSA) is 111 Å². The highest BCUT2D eigenvalue weighted by Gasteiger charge is 2.19. The van der Waals surface area contributed by atoms with E-state index >= 15 is 0 Å². The van der Waals surface area contributed by atoms with E-state index in [2.05, 4.69) is 15.5 Å². The smallest absolute Gasteiger partial charge is 0.204 e. The number of anilines is 1. The van der Waals surface area contributed by atoms with Crippen molar-refractivity contribution in [1.29, 1.82) is 0 Å². The number of hydrogen-bond donors (Lipinski definition) is 2. The summed E-state index contributed by atoms with van der Waals surface area (Å²) in [5.74, 6) is 2.71. The molecule has 1 aliphatic rings. The minimum absolute atomic E-state index is 0. The second kappa shape index (κ2) is 10.4. The highest BCUT2D eigenvalue weighted by atomic mass is 32.1. The van der Waals surface area contributed by atoms with Gasteiger partial charge in [0.25, 0.3) is 0 Å². The Bertz CT molecular complexity index is 1100. The van der Waals surface area contributed by atoms with Crippen LogP contribution in [0.3, 0.4) is 0 Å². The summed E-state index contributed by atoms with van der Waals surface area (Å²) in [7, 11) is 0. The van der Waals surface area contributed by atoms with Crippen molar-refractivity contribution in [3.05, 3.63) is 18.0 Å². The SMILES string of the molecule is Cc1nnc2c(NCCCCCC(=O)[C@@H](O)C(C)C)nc3cc4c(cc3n12)OCCO4.S. The molecular weight excluding hydrogens is 430 g/mol. The molecule has 10 heteroatoms. The van der Waals surface area contributed by atoms with Crippen molar-refractivity contribution in [2.24, 2.45) is 5.92 Å². The first-order valence-corrected chi connectivity index (χ1v) is 10.9. The third kappa shape index (κ3) is 4.91. The van der Waals surface area contributed by atoms with Gasteiger partial charge in [-0.25, -0.2) is 4.98 Å². The number of Topliss-reactive ketones (excluding diaryl/α,β-unsaturated/α-hetero) is 1. The van der Waals surface area contributed by atoms with Crippen LogP contribution in [0.5, 0.6) is 11.5 Å². The Balaban J connectivity index is 0.00000289. The minimum Gasteiger partial charge on any atom is -0.486 e. The first kappa shape index (κ1) is 24.1. The van der Waals surface area contributed by atoms with Crippen LogP contribution in [0.25, 0.3) is 16.7 Å². The molecule has 0 amide bonds. The van der Waals surface area contributed by atoms with Gasteiger partial charge < -0.3 is 19.9 Å². The molecule has 32 heavy (non-hydrogen) atoms. The molecule has 4 rings (SSSR count). The number of carbonyl (C=O) groups excluding carboxylic acids is 1. The summed E-state index contributed by atoms with van der Waals surface area (Å²) in [5.41, 5.74) is 2.31. The lowest BCUT2D eigenvalue weighted by molar-refractivity contribution is -0.129. The summed E-state index contributed by atoms with van der Waals surface area (Å²) >= 11 is 0. The van der Waals surface area contributed by atoms with Crippen molar-refractivity contribution in [3.63, 3.8) is 0 Å². The molecule has 174 valence electrons. The fraction of sp³-hybridized carbons (Fsp3) is 0.545. The predicted molar refractivity (Wildman–Crippen MR) is 127 cm³/mol. The molecule has 9 nitrogen and oxygen atoms in total. The molecule has 2 N–H and O–H groups in total. The van der Waals surface area contributed by atoms with Gasteiger partial charge in [-0.1, -0.05) is 20.3 Å².